The third-order valence-electron chi connectivity index (χ3n) is 4.76. The van der Waals surface area contributed by atoms with Crippen molar-refractivity contribution in [1.29, 1.82) is 0 Å². The third kappa shape index (κ3) is 2.25. The van der Waals surface area contributed by atoms with Gasteiger partial charge in [-0.2, -0.15) is 0 Å². The maximum Gasteiger partial charge on any atom is 0.304 e. The molecule has 2 heterocycles. The van der Waals surface area contributed by atoms with Gasteiger partial charge in [-0.15, -0.1) is 0 Å². The molecule has 0 radical (unpaired) electrons. The highest BCUT2D eigenvalue weighted by Gasteiger charge is 2.40. The van der Waals surface area contributed by atoms with Crippen LogP contribution in [-0.4, -0.2) is 23.3 Å². The Hall–Kier alpha value is -1.71. The van der Waals surface area contributed by atoms with Crippen molar-refractivity contribution in [3.8, 4) is 11.5 Å². The Morgan fingerprint density at radius 2 is 1.68 bits per heavy atom. The molecule has 0 spiro atoms. The molecule has 0 fully saturated rings. The van der Waals surface area contributed by atoms with Crippen LogP contribution in [0.25, 0.3) is 0 Å². The molecule has 1 aromatic carbocycles. The summed E-state index contributed by atoms with van der Waals surface area (Å²) in [7, 11) is 0. The molecule has 1 aromatic rings. The molecule has 2 aliphatic heterocycles. The first-order valence-electron chi connectivity index (χ1n) is 7.94. The fraction of sp³-hybridized carbons (Fsp3) is 0.611. The van der Waals surface area contributed by atoms with Gasteiger partial charge in [0.25, 0.3) is 0 Å². The lowest BCUT2D eigenvalue weighted by molar-refractivity contribution is -0.138. The average molecular weight is 304 g/mol. The smallest absolute Gasteiger partial charge is 0.304 e. The van der Waals surface area contributed by atoms with Crippen LogP contribution in [0.5, 0.6) is 11.5 Å². The van der Waals surface area contributed by atoms with E-state index in [1.807, 2.05) is 13.8 Å². The summed E-state index contributed by atoms with van der Waals surface area (Å²) in [5.74, 6) is 1.08. The summed E-state index contributed by atoms with van der Waals surface area (Å²) < 4.78 is 12.1. The maximum atomic E-state index is 11.3. The normalized spacial score (nSPS) is 22.8. The molecule has 0 aliphatic carbocycles. The van der Waals surface area contributed by atoms with E-state index in [1.54, 1.807) is 0 Å². The van der Waals surface area contributed by atoms with E-state index in [9.17, 15) is 9.90 Å². The van der Waals surface area contributed by atoms with Gasteiger partial charge in [-0.05, 0) is 26.3 Å². The van der Waals surface area contributed by atoms with Crippen molar-refractivity contribution in [1.82, 2.24) is 0 Å². The van der Waals surface area contributed by atoms with E-state index in [0.29, 0.717) is 0 Å². The number of benzene rings is 1. The standard InChI is InChI=1S/C18H24O4/c1-9-6-12-11(3)16-13(7-10(2)21-16)15(17(12)22-9)18(4,5)8-14(19)20/h9-10H,6-8H2,1-5H3,(H,19,20). The van der Waals surface area contributed by atoms with Crippen LogP contribution in [0.15, 0.2) is 0 Å². The summed E-state index contributed by atoms with van der Waals surface area (Å²) in [5.41, 5.74) is 4.05. The van der Waals surface area contributed by atoms with E-state index < -0.39 is 11.4 Å². The van der Waals surface area contributed by atoms with Gasteiger partial charge in [0.2, 0.25) is 0 Å². The van der Waals surface area contributed by atoms with Crippen LogP contribution in [0.2, 0.25) is 0 Å². The van der Waals surface area contributed by atoms with E-state index >= 15 is 0 Å². The van der Waals surface area contributed by atoms with Crippen molar-refractivity contribution in [2.24, 2.45) is 0 Å². The molecule has 3 rings (SSSR count). The number of ether oxygens (including phenoxy) is 2. The molecule has 120 valence electrons. The highest BCUT2D eigenvalue weighted by molar-refractivity contribution is 5.71. The van der Waals surface area contributed by atoms with Gasteiger partial charge in [0, 0.05) is 34.9 Å². The summed E-state index contributed by atoms with van der Waals surface area (Å²) in [5, 5.41) is 9.29. The quantitative estimate of drug-likeness (QED) is 0.930. The molecule has 22 heavy (non-hydrogen) atoms. The van der Waals surface area contributed by atoms with E-state index in [-0.39, 0.29) is 18.6 Å². The van der Waals surface area contributed by atoms with E-state index in [4.69, 9.17) is 9.47 Å². The minimum absolute atomic E-state index is 0.0844. The first-order chi connectivity index (χ1) is 10.2. The zero-order valence-electron chi connectivity index (χ0n) is 13.9. The lowest BCUT2D eigenvalue weighted by atomic mass is 9.76. The number of carboxylic acids is 1. The van der Waals surface area contributed by atoms with Gasteiger partial charge in [0.15, 0.2) is 0 Å². The second-order valence-electron chi connectivity index (χ2n) is 7.33. The van der Waals surface area contributed by atoms with Gasteiger partial charge in [0.05, 0.1) is 6.42 Å². The van der Waals surface area contributed by atoms with Crippen molar-refractivity contribution in [3.05, 3.63) is 22.3 Å². The van der Waals surface area contributed by atoms with Crippen molar-refractivity contribution < 1.29 is 19.4 Å². The SMILES string of the molecule is Cc1c2c(c(C(C)(C)CC(=O)O)c3c1OC(C)C3)OC(C)C2. The third-order valence-corrected chi connectivity index (χ3v) is 4.76. The Morgan fingerprint density at radius 1 is 1.14 bits per heavy atom. The van der Waals surface area contributed by atoms with Gasteiger partial charge in [-0.1, -0.05) is 13.8 Å². The first-order valence-corrected chi connectivity index (χ1v) is 7.94. The second kappa shape index (κ2) is 4.90. The molecule has 0 bridgehead atoms. The molecule has 0 amide bonds. The van der Waals surface area contributed by atoms with Crippen LogP contribution >= 0.6 is 0 Å². The lowest BCUT2D eigenvalue weighted by Crippen LogP contribution is -2.24. The predicted molar refractivity (Wildman–Crippen MR) is 84.0 cm³/mol. The van der Waals surface area contributed by atoms with Gasteiger partial charge in [-0.3, -0.25) is 4.79 Å². The summed E-state index contributed by atoms with van der Waals surface area (Å²) in [4.78, 5) is 11.3. The number of carbonyl (C=O) groups is 1. The Kier molecular flexibility index (Phi) is 3.38. The van der Waals surface area contributed by atoms with Crippen molar-refractivity contribution in [3.63, 3.8) is 0 Å². The lowest BCUT2D eigenvalue weighted by Gasteiger charge is -2.28. The topological polar surface area (TPSA) is 55.8 Å². The number of aliphatic carboxylic acids is 1. The van der Waals surface area contributed by atoms with E-state index in [0.717, 1.165) is 41.0 Å². The van der Waals surface area contributed by atoms with Gasteiger partial charge < -0.3 is 14.6 Å². The summed E-state index contributed by atoms with van der Waals surface area (Å²) in [6.45, 7) is 10.2. The highest BCUT2D eigenvalue weighted by Crippen LogP contribution is 2.51. The Labute approximate surface area is 131 Å². The largest absolute Gasteiger partial charge is 0.490 e. The predicted octanol–water partition coefficient (Wildman–Crippen LogP) is 3.39. The summed E-state index contributed by atoms with van der Waals surface area (Å²) >= 11 is 0. The number of hydrogen-bond donors (Lipinski definition) is 1. The fourth-order valence-corrected chi connectivity index (χ4v) is 3.91. The molecule has 4 heteroatoms. The first kappa shape index (κ1) is 15.2. The van der Waals surface area contributed by atoms with Crippen LogP contribution in [0.4, 0.5) is 0 Å². The molecule has 0 aromatic heterocycles. The molecule has 2 unspecified atom stereocenters. The summed E-state index contributed by atoms with van der Waals surface area (Å²) in [6.07, 6.45) is 2.03. The molecule has 4 nitrogen and oxygen atoms in total. The second-order valence-corrected chi connectivity index (χ2v) is 7.33. The maximum absolute atomic E-state index is 11.3. The molecule has 0 saturated heterocycles. The number of hydrogen-bond acceptors (Lipinski definition) is 3. The van der Waals surface area contributed by atoms with Crippen molar-refractivity contribution in [2.75, 3.05) is 0 Å². The number of fused-ring (bicyclic) bond motifs is 2. The number of rotatable bonds is 3. The van der Waals surface area contributed by atoms with Gasteiger partial charge in [0.1, 0.15) is 23.7 Å². The van der Waals surface area contributed by atoms with Crippen molar-refractivity contribution >= 4 is 5.97 Å². The molecule has 0 saturated carbocycles. The molecule has 1 N–H and O–H groups in total. The highest BCUT2D eigenvalue weighted by atomic mass is 16.5. The molecular formula is C18H24O4. The zero-order chi connectivity index (χ0) is 16.2. The Balaban J connectivity index is 2.24. The van der Waals surface area contributed by atoms with Crippen molar-refractivity contribution in [2.45, 2.75) is 71.5 Å². The Morgan fingerprint density at radius 3 is 2.27 bits per heavy atom. The molecular weight excluding hydrogens is 280 g/mol. The van der Waals surface area contributed by atoms with Crippen LogP contribution < -0.4 is 9.47 Å². The van der Waals surface area contributed by atoms with E-state index in [1.165, 1.54) is 5.56 Å². The van der Waals surface area contributed by atoms with Gasteiger partial charge in [-0.25, -0.2) is 0 Å². The minimum Gasteiger partial charge on any atom is -0.490 e. The van der Waals surface area contributed by atoms with Gasteiger partial charge >= 0.3 is 5.97 Å². The zero-order valence-corrected chi connectivity index (χ0v) is 13.9. The van der Waals surface area contributed by atoms with Crippen LogP contribution in [-0.2, 0) is 23.1 Å². The Bertz CT molecular complexity index is 606. The summed E-state index contributed by atoms with van der Waals surface area (Å²) in [6, 6.07) is 0. The monoisotopic (exact) mass is 304 g/mol. The van der Waals surface area contributed by atoms with Crippen LogP contribution in [0.1, 0.15) is 56.4 Å². The molecule has 2 aliphatic rings. The average Bonchev–Trinajstić information content (AvgIpc) is 2.90. The fourth-order valence-electron chi connectivity index (χ4n) is 3.91. The van der Waals surface area contributed by atoms with Crippen LogP contribution in [0, 0.1) is 6.92 Å². The number of carboxylic acid groups (broad SMARTS) is 1. The minimum atomic E-state index is -0.786. The van der Waals surface area contributed by atoms with Crippen LogP contribution in [0.3, 0.4) is 0 Å². The van der Waals surface area contributed by atoms with E-state index in [2.05, 4.69) is 20.8 Å². The molecule has 2 atom stereocenters.